The molecule has 5 nitrogen and oxygen atoms in total. The Kier molecular flexibility index (Phi) is 5.90. The average Bonchev–Trinajstić information content (AvgIpc) is 2.67. The first-order valence-corrected chi connectivity index (χ1v) is 11.2. The van der Waals surface area contributed by atoms with Crippen molar-refractivity contribution in [1.29, 1.82) is 0 Å². The number of fused-ring (bicyclic) bond motifs is 1. The fourth-order valence-corrected chi connectivity index (χ4v) is 5.77. The van der Waals surface area contributed by atoms with Gasteiger partial charge in [0.1, 0.15) is 0 Å². The van der Waals surface area contributed by atoms with Crippen molar-refractivity contribution in [1.82, 2.24) is 5.32 Å². The highest BCUT2D eigenvalue weighted by atomic mass is 16.5. The van der Waals surface area contributed by atoms with Gasteiger partial charge in [-0.15, -0.1) is 0 Å². The molecule has 1 aromatic carbocycles. The molecule has 5 heteroatoms. The van der Waals surface area contributed by atoms with Crippen molar-refractivity contribution in [2.45, 2.75) is 71.1 Å². The van der Waals surface area contributed by atoms with Gasteiger partial charge in [0, 0.05) is 43.6 Å². The van der Waals surface area contributed by atoms with Crippen molar-refractivity contribution in [3.63, 3.8) is 0 Å². The number of nitrogens with zero attached hydrogens (tertiary/aromatic N) is 1. The summed E-state index contributed by atoms with van der Waals surface area (Å²) < 4.78 is 12.2. The normalized spacial score (nSPS) is 35.1. The summed E-state index contributed by atoms with van der Waals surface area (Å²) >= 11 is 0. The van der Waals surface area contributed by atoms with Crippen LogP contribution in [0.15, 0.2) is 18.2 Å². The predicted molar refractivity (Wildman–Crippen MR) is 115 cm³/mol. The number of carbonyl (C=O) groups is 1. The summed E-state index contributed by atoms with van der Waals surface area (Å²) in [7, 11) is 0. The lowest BCUT2D eigenvalue weighted by Crippen LogP contribution is -2.60. The molecule has 1 amide bonds. The molecule has 2 saturated heterocycles. The highest BCUT2D eigenvalue weighted by Gasteiger charge is 2.49. The van der Waals surface area contributed by atoms with Crippen LogP contribution in [0.25, 0.3) is 0 Å². The molecule has 4 rings (SSSR count). The highest BCUT2D eigenvalue weighted by Crippen LogP contribution is 2.48. The van der Waals surface area contributed by atoms with E-state index in [-0.39, 0.29) is 23.7 Å². The molecule has 0 aromatic heterocycles. The van der Waals surface area contributed by atoms with Crippen LogP contribution in [0.2, 0.25) is 0 Å². The van der Waals surface area contributed by atoms with Crippen LogP contribution < -0.4 is 10.2 Å². The van der Waals surface area contributed by atoms with E-state index in [9.17, 15) is 4.79 Å². The summed E-state index contributed by atoms with van der Waals surface area (Å²) in [5.41, 5.74) is 3.58. The van der Waals surface area contributed by atoms with Gasteiger partial charge in [-0.05, 0) is 55.9 Å². The Morgan fingerprint density at radius 3 is 2.69 bits per heavy atom. The van der Waals surface area contributed by atoms with Crippen LogP contribution in [0.3, 0.4) is 0 Å². The van der Waals surface area contributed by atoms with Crippen LogP contribution >= 0.6 is 0 Å². The van der Waals surface area contributed by atoms with Gasteiger partial charge < -0.3 is 19.7 Å². The first kappa shape index (κ1) is 20.7. The summed E-state index contributed by atoms with van der Waals surface area (Å²) in [4.78, 5) is 14.4. The second-order valence-electron chi connectivity index (χ2n) is 9.63. The molecule has 1 saturated carbocycles. The highest BCUT2D eigenvalue weighted by molar-refractivity contribution is 5.73. The Bertz CT molecular complexity index is 746. The molecule has 0 bridgehead atoms. The fraction of sp³-hybridized carbons (Fsp3) is 0.708. The van der Waals surface area contributed by atoms with Crippen molar-refractivity contribution >= 4 is 11.6 Å². The molecule has 29 heavy (non-hydrogen) atoms. The van der Waals surface area contributed by atoms with Crippen LogP contribution in [0.1, 0.15) is 63.7 Å². The molecule has 3 fully saturated rings. The van der Waals surface area contributed by atoms with Crippen LogP contribution in [-0.2, 0) is 14.3 Å². The van der Waals surface area contributed by atoms with E-state index in [4.69, 9.17) is 9.47 Å². The van der Waals surface area contributed by atoms with Crippen molar-refractivity contribution in [3.05, 3.63) is 29.3 Å². The van der Waals surface area contributed by atoms with Gasteiger partial charge in [0.25, 0.3) is 0 Å². The molecule has 0 radical (unpaired) electrons. The van der Waals surface area contributed by atoms with Crippen LogP contribution in [-0.4, -0.2) is 43.9 Å². The molecule has 5 atom stereocenters. The largest absolute Gasteiger partial charge is 0.378 e. The predicted octanol–water partition coefficient (Wildman–Crippen LogP) is 3.99. The number of benzene rings is 1. The summed E-state index contributed by atoms with van der Waals surface area (Å²) in [5.74, 6) is 1.14. The van der Waals surface area contributed by atoms with Crippen molar-refractivity contribution < 1.29 is 14.3 Å². The molecule has 3 aliphatic rings. The van der Waals surface area contributed by atoms with Crippen LogP contribution in [0.5, 0.6) is 0 Å². The standard InChI is InChI=1S/C24H36N2O3/c1-16-5-8-21-22(13-16)29-23(15-24(21,4)25-18(3)27)20-7-6-19(14-17(20)2)26-9-11-28-12-10-26/h6-7,14,16,21-23H,5,8-13,15H2,1-4H3,(H,25,27)/t16-,21-,22-,23-,24+/m1/s1. The molecule has 1 N–H and O–H groups in total. The summed E-state index contributed by atoms with van der Waals surface area (Å²) in [6.45, 7) is 11.9. The van der Waals surface area contributed by atoms with Gasteiger partial charge in [-0.25, -0.2) is 0 Å². The van der Waals surface area contributed by atoms with Gasteiger partial charge in [0.05, 0.1) is 25.4 Å². The zero-order chi connectivity index (χ0) is 20.6. The Balaban J connectivity index is 1.59. The minimum absolute atomic E-state index is 0.0251. The minimum Gasteiger partial charge on any atom is -0.378 e. The van der Waals surface area contributed by atoms with E-state index < -0.39 is 0 Å². The van der Waals surface area contributed by atoms with Crippen molar-refractivity contribution in [2.24, 2.45) is 11.8 Å². The lowest BCUT2D eigenvalue weighted by atomic mass is 9.66. The number of aryl methyl sites for hydroxylation is 1. The van der Waals surface area contributed by atoms with E-state index in [1.54, 1.807) is 6.92 Å². The first-order chi connectivity index (χ1) is 13.9. The third kappa shape index (κ3) is 4.31. The Morgan fingerprint density at radius 1 is 1.24 bits per heavy atom. The van der Waals surface area contributed by atoms with Gasteiger partial charge in [-0.1, -0.05) is 19.4 Å². The van der Waals surface area contributed by atoms with Gasteiger partial charge in [-0.3, -0.25) is 4.79 Å². The lowest BCUT2D eigenvalue weighted by Gasteiger charge is -2.52. The maximum Gasteiger partial charge on any atom is 0.217 e. The first-order valence-electron chi connectivity index (χ1n) is 11.2. The minimum atomic E-state index is -0.213. The van der Waals surface area contributed by atoms with E-state index in [1.807, 2.05) is 0 Å². The zero-order valence-corrected chi connectivity index (χ0v) is 18.4. The van der Waals surface area contributed by atoms with Crippen LogP contribution in [0, 0.1) is 18.8 Å². The smallest absolute Gasteiger partial charge is 0.217 e. The molecular weight excluding hydrogens is 364 g/mol. The van der Waals surface area contributed by atoms with Crippen molar-refractivity contribution in [2.75, 3.05) is 31.2 Å². The molecule has 2 aliphatic heterocycles. The molecule has 160 valence electrons. The molecule has 1 aromatic rings. The number of carbonyl (C=O) groups excluding carboxylic acids is 1. The molecular formula is C24H36N2O3. The van der Waals surface area contributed by atoms with E-state index in [2.05, 4.69) is 49.2 Å². The quantitative estimate of drug-likeness (QED) is 0.833. The molecule has 1 aliphatic carbocycles. The third-order valence-electron chi connectivity index (χ3n) is 7.26. The zero-order valence-electron chi connectivity index (χ0n) is 18.4. The Morgan fingerprint density at radius 2 is 2.00 bits per heavy atom. The number of hydrogen-bond donors (Lipinski definition) is 1. The van der Waals surface area contributed by atoms with Gasteiger partial charge in [0.2, 0.25) is 5.91 Å². The van der Waals surface area contributed by atoms with Gasteiger partial charge in [-0.2, -0.15) is 0 Å². The average molecular weight is 401 g/mol. The summed E-state index contributed by atoms with van der Waals surface area (Å²) in [6.07, 6.45) is 4.51. The van der Waals surface area contributed by atoms with E-state index >= 15 is 0 Å². The number of nitrogens with one attached hydrogen (secondary N) is 1. The van der Waals surface area contributed by atoms with Gasteiger partial charge in [0.15, 0.2) is 0 Å². The monoisotopic (exact) mass is 400 g/mol. The maximum absolute atomic E-state index is 12.0. The fourth-order valence-electron chi connectivity index (χ4n) is 5.77. The number of anilines is 1. The third-order valence-corrected chi connectivity index (χ3v) is 7.26. The topological polar surface area (TPSA) is 50.8 Å². The number of morpholine rings is 1. The van der Waals surface area contributed by atoms with Crippen molar-refractivity contribution in [3.8, 4) is 0 Å². The molecule has 2 heterocycles. The summed E-state index contributed by atoms with van der Waals surface area (Å²) in [6, 6.07) is 6.75. The Hall–Kier alpha value is -1.59. The number of hydrogen-bond acceptors (Lipinski definition) is 4. The van der Waals surface area contributed by atoms with Crippen LogP contribution in [0.4, 0.5) is 5.69 Å². The Labute approximate surface area is 175 Å². The maximum atomic E-state index is 12.0. The van der Waals surface area contributed by atoms with E-state index in [0.717, 1.165) is 45.6 Å². The van der Waals surface area contributed by atoms with E-state index in [1.165, 1.54) is 23.2 Å². The number of ether oxygens (including phenoxy) is 2. The van der Waals surface area contributed by atoms with Gasteiger partial charge >= 0.3 is 0 Å². The second-order valence-corrected chi connectivity index (χ2v) is 9.63. The van der Waals surface area contributed by atoms with E-state index in [0.29, 0.717) is 11.8 Å². The number of amides is 1. The molecule has 0 spiro atoms. The lowest BCUT2D eigenvalue weighted by molar-refractivity contribution is -0.153. The second kappa shape index (κ2) is 8.27. The number of rotatable bonds is 3. The SMILES string of the molecule is CC(=O)N[C@@]1(C)C[C@H](c2ccc(N3CCOCC3)cc2C)O[C@@H]2C[C@H](C)CC[C@H]21. The summed E-state index contributed by atoms with van der Waals surface area (Å²) in [5, 5.41) is 3.31. The molecule has 0 unspecified atom stereocenters.